The van der Waals surface area contributed by atoms with Gasteiger partial charge in [0.2, 0.25) is 0 Å². The van der Waals surface area contributed by atoms with Crippen LogP contribution in [0.3, 0.4) is 0 Å². The van der Waals surface area contributed by atoms with E-state index in [2.05, 4.69) is 4.74 Å². The van der Waals surface area contributed by atoms with Gasteiger partial charge in [-0.05, 0) is 18.2 Å². The number of benzene rings is 1. The van der Waals surface area contributed by atoms with Gasteiger partial charge in [0.1, 0.15) is 0 Å². The Labute approximate surface area is 102 Å². The van der Waals surface area contributed by atoms with Gasteiger partial charge in [-0.3, -0.25) is 0 Å². The minimum Gasteiger partial charge on any atom is -0.466 e. The Balaban J connectivity index is 3.05. The van der Waals surface area contributed by atoms with E-state index in [1.807, 2.05) is 0 Å². The third kappa shape index (κ3) is 3.42. The van der Waals surface area contributed by atoms with E-state index < -0.39 is 5.97 Å². The Bertz CT molecular complexity index is 390. The maximum atomic E-state index is 10.9. The second-order valence-electron chi connectivity index (χ2n) is 2.64. The number of hydrogen-bond acceptors (Lipinski definition) is 2. The number of ether oxygens (including phenoxy) is 1. The lowest BCUT2D eigenvalue weighted by Crippen LogP contribution is -1.93. The van der Waals surface area contributed by atoms with E-state index in [0.29, 0.717) is 20.6 Å². The van der Waals surface area contributed by atoms with Crippen LogP contribution in [0.4, 0.5) is 0 Å². The van der Waals surface area contributed by atoms with Crippen molar-refractivity contribution in [3.05, 3.63) is 38.8 Å². The molecule has 0 N–H and O–H groups in total. The van der Waals surface area contributed by atoms with Gasteiger partial charge in [0, 0.05) is 16.7 Å². The van der Waals surface area contributed by atoms with E-state index >= 15 is 0 Å². The molecule has 0 heterocycles. The molecular weight excluding hydrogens is 258 g/mol. The zero-order chi connectivity index (χ0) is 11.4. The summed E-state index contributed by atoms with van der Waals surface area (Å²) >= 11 is 17.5. The minimum absolute atomic E-state index is 0.382. The first kappa shape index (κ1) is 12.4. The van der Waals surface area contributed by atoms with Gasteiger partial charge >= 0.3 is 5.97 Å². The van der Waals surface area contributed by atoms with Crippen LogP contribution in [0.1, 0.15) is 5.56 Å². The topological polar surface area (TPSA) is 26.3 Å². The van der Waals surface area contributed by atoms with Crippen LogP contribution in [-0.2, 0) is 9.53 Å². The molecule has 1 aromatic carbocycles. The zero-order valence-corrected chi connectivity index (χ0v) is 10.0. The lowest BCUT2D eigenvalue weighted by Gasteiger charge is -2.02. The molecule has 0 atom stereocenters. The predicted octanol–water partition coefficient (Wildman–Crippen LogP) is 3.83. The van der Waals surface area contributed by atoms with Crippen LogP contribution >= 0.6 is 34.8 Å². The molecule has 0 unspecified atom stereocenters. The van der Waals surface area contributed by atoms with Crippen molar-refractivity contribution in [2.24, 2.45) is 0 Å². The molecule has 2 nitrogen and oxygen atoms in total. The molecule has 0 saturated heterocycles. The molecule has 0 spiro atoms. The molecule has 0 aliphatic rings. The molecule has 15 heavy (non-hydrogen) atoms. The quantitative estimate of drug-likeness (QED) is 0.600. The molecule has 0 fully saturated rings. The van der Waals surface area contributed by atoms with E-state index in [1.165, 1.54) is 19.3 Å². The highest BCUT2D eigenvalue weighted by Crippen LogP contribution is 2.29. The van der Waals surface area contributed by atoms with E-state index in [1.54, 1.807) is 12.1 Å². The maximum absolute atomic E-state index is 10.9. The summed E-state index contributed by atoms with van der Waals surface area (Å²) in [6.45, 7) is 0. The fraction of sp³-hybridized carbons (Fsp3) is 0.100. The van der Waals surface area contributed by atoms with E-state index in [9.17, 15) is 4.79 Å². The normalized spacial score (nSPS) is 10.7. The van der Waals surface area contributed by atoms with E-state index in [-0.39, 0.29) is 0 Å². The highest BCUT2D eigenvalue weighted by Gasteiger charge is 2.05. The van der Waals surface area contributed by atoms with Crippen molar-refractivity contribution in [3.8, 4) is 0 Å². The monoisotopic (exact) mass is 264 g/mol. The number of esters is 1. The van der Waals surface area contributed by atoms with Crippen molar-refractivity contribution in [3.63, 3.8) is 0 Å². The Morgan fingerprint density at radius 3 is 2.27 bits per heavy atom. The van der Waals surface area contributed by atoms with E-state index in [0.717, 1.165) is 0 Å². The molecule has 0 amide bonds. The Hall–Kier alpha value is -0.700. The SMILES string of the molecule is COC(=O)C=Cc1c(Cl)cc(Cl)cc1Cl. The minimum atomic E-state index is -0.475. The number of methoxy groups -OCH3 is 1. The largest absolute Gasteiger partial charge is 0.466 e. The van der Waals surface area contributed by atoms with Gasteiger partial charge in [0.15, 0.2) is 0 Å². The van der Waals surface area contributed by atoms with Crippen molar-refractivity contribution in [1.82, 2.24) is 0 Å². The molecule has 0 aromatic heterocycles. The first-order valence-corrected chi connectivity index (χ1v) is 5.08. The van der Waals surface area contributed by atoms with Crippen LogP contribution in [0.15, 0.2) is 18.2 Å². The number of carbonyl (C=O) groups excluding carboxylic acids is 1. The zero-order valence-electron chi connectivity index (χ0n) is 7.76. The van der Waals surface area contributed by atoms with Gasteiger partial charge in [0.05, 0.1) is 17.2 Å². The summed E-state index contributed by atoms with van der Waals surface area (Å²) in [5, 5.41) is 1.21. The van der Waals surface area contributed by atoms with Gasteiger partial charge in [-0.2, -0.15) is 0 Å². The van der Waals surface area contributed by atoms with Crippen LogP contribution in [0.5, 0.6) is 0 Å². The highest BCUT2D eigenvalue weighted by atomic mass is 35.5. The lowest BCUT2D eigenvalue weighted by atomic mass is 10.2. The summed E-state index contributed by atoms with van der Waals surface area (Å²) < 4.78 is 4.44. The van der Waals surface area contributed by atoms with Gasteiger partial charge in [-0.1, -0.05) is 34.8 Å². The maximum Gasteiger partial charge on any atom is 0.330 e. The standard InChI is InChI=1S/C10H7Cl3O2/c1-15-10(14)3-2-7-8(12)4-6(11)5-9(7)13/h2-5H,1H3. The number of rotatable bonds is 2. The van der Waals surface area contributed by atoms with Crippen molar-refractivity contribution < 1.29 is 9.53 Å². The van der Waals surface area contributed by atoms with Crippen molar-refractivity contribution in [2.45, 2.75) is 0 Å². The van der Waals surface area contributed by atoms with Gasteiger partial charge in [-0.25, -0.2) is 4.79 Å². The smallest absolute Gasteiger partial charge is 0.330 e. The average molecular weight is 266 g/mol. The fourth-order valence-electron chi connectivity index (χ4n) is 0.932. The molecule has 0 saturated carbocycles. The molecular formula is C10H7Cl3O2. The van der Waals surface area contributed by atoms with E-state index in [4.69, 9.17) is 34.8 Å². The molecule has 1 aromatic rings. The van der Waals surface area contributed by atoms with Gasteiger partial charge in [-0.15, -0.1) is 0 Å². The molecule has 1 rings (SSSR count). The van der Waals surface area contributed by atoms with Gasteiger partial charge < -0.3 is 4.74 Å². The Morgan fingerprint density at radius 1 is 1.27 bits per heavy atom. The molecule has 5 heteroatoms. The first-order chi connectivity index (χ1) is 7.04. The molecule has 80 valence electrons. The Kier molecular flexibility index (Phi) is 4.45. The average Bonchev–Trinajstić information content (AvgIpc) is 2.15. The highest BCUT2D eigenvalue weighted by molar-refractivity contribution is 6.40. The number of hydrogen-bond donors (Lipinski definition) is 0. The first-order valence-electron chi connectivity index (χ1n) is 3.95. The van der Waals surface area contributed by atoms with Crippen LogP contribution < -0.4 is 0 Å². The second-order valence-corrected chi connectivity index (χ2v) is 3.89. The predicted molar refractivity (Wildman–Crippen MR) is 62.5 cm³/mol. The fourth-order valence-corrected chi connectivity index (χ4v) is 1.87. The third-order valence-electron chi connectivity index (χ3n) is 1.63. The molecule has 0 aliphatic heterocycles. The van der Waals surface area contributed by atoms with Crippen LogP contribution in [-0.4, -0.2) is 13.1 Å². The lowest BCUT2D eigenvalue weighted by molar-refractivity contribution is -0.134. The summed E-state index contributed by atoms with van der Waals surface area (Å²) in [5.41, 5.74) is 0.535. The van der Waals surface area contributed by atoms with Crippen LogP contribution in [0.2, 0.25) is 15.1 Å². The van der Waals surface area contributed by atoms with Gasteiger partial charge in [0.25, 0.3) is 0 Å². The summed E-state index contributed by atoms with van der Waals surface area (Å²) in [4.78, 5) is 10.9. The van der Waals surface area contributed by atoms with Crippen LogP contribution in [0.25, 0.3) is 6.08 Å². The summed E-state index contributed by atoms with van der Waals surface area (Å²) in [6, 6.07) is 3.10. The van der Waals surface area contributed by atoms with Crippen molar-refractivity contribution in [1.29, 1.82) is 0 Å². The Morgan fingerprint density at radius 2 is 1.80 bits per heavy atom. The molecule has 0 radical (unpaired) electrons. The summed E-state index contributed by atoms with van der Waals surface area (Å²) in [7, 11) is 1.29. The van der Waals surface area contributed by atoms with Crippen LogP contribution in [0, 0.1) is 0 Å². The number of halogens is 3. The summed E-state index contributed by atoms with van der Waals surface area (Å²) in [5.74, 6) is -0.475. The third-order valence-corrected chi connectivity index (χ3v) is 2.47. The number of carbonyl (C=O) groups is 1. The second kappa shape index (κ2) is 5.40. The molecule has 0 aliphatic carbocycles. The van der Waals surface area contributed by atoms with Crippen molar-refractivity contribution in [2.75, 3.05) is 7.11 Å². The molecule has 0 bridgehead atoms. The summed E-state index contributed by atoms with van der Waals surface area (Å²) in [6.07, 6.45) is 2.72. The van der Waals surface area contributed by atoms with Crippen molar-refractivity contribution >= 4 is 46.8 Å².